The minimum absolute atomic E-state index is 0.124. The Bertz CT molecular complexity index is 714. The van der Waals surface area contributed by atoms with E-state index in [4.69, 9.17) is 4.74 Å². The molecule has 23 heavy (non-hydrogen) atoms. The van der Waals surface area contributed by atoms with Crippen molar-refractivity contribution in [2.24, 2.45) is 0 Å². The zero-order valence-corrected chi connectivity index (χ0v) is 14.4. The summed E-state index contributed by atoms with van der Waals surface area (Å²) in [5.41, 5.74) is 2.05. The highest BCUT2D eigenvalue weighted by Crippen LogP contribution is 2.18. The minimum atomic E-state index is -3.26. The molecular weight excluding hydrogens is 310 g/mol. The summed E-state index contributed by atoms with van der Waals surface area (Å²) in [7, 11) is 0.00314. The molecule has 2 aromatic carbocycles. The van der Waals surface area contributed by atoms with E-state index >= 15 is 0 Å². The molecule has 0 saturated heterocycles. The van der Waals surface area contributed by atoms with Gasteiger partial charge in [0.25, 0.3) is 0 Å². The lowest BCUT2D eigenvalue weighted by Gasteiger charge is -2.18. The molecule has 0 atom stereocenters. The number of sulfonamides is 1. The SMILES string of the molecule is COc1ccccc1CCN(C)S(=O)(=O)CCc1ccccc1. The van der Waals surface area contributed by atoms with E-state index in [0.29, 0.717) is 19.4 Å². The standard InChI is InChI=1S/C18H23NO3S/c1-19(14-12-17-10-6-7-11-18(17)22-2)23(20,21)15-13-16-8-4-3-5-9-16/h3-11H,12-15H2,1-2H3. The average molecular weight is 333 g/mol. The van der Waals surface area contributed by atoms with E-state index in [1.165, 1.54) is 4.31 Å². The highest BCUT2D eigenvalue weighted by atomic mass is 32.2. The van der Waals surface area contributed by atoms with E-state index < -0.39 is 10.0 Å². The van der Waals surface area contributed by atoms with Gasteiger partial charge >= 0.3 is 0 Å². The molecular formula is C18H23NO3S. The van der Waals surface area contributed by atoms with Crippen LogP contribution in [0.15, 0.2) is 54.6 Å². The van der Waals surface area contributed by atoms with Crippen molar-refractivity contribution < 1.29 is 13.2 Å². The van der Waals surface area contributed by atoms with Gasteiger partial charge in [0.15, 0.2) is 0 Å². The second-order valence-electron chi connectivity index (χ2n) is 5.43. The number of benzene rings is 2. The van der Waals surface area contributed by atoms with E-state index in [1.807, 2.05) is 54.6 Å². The van der Waals surface area contributed by atoms with Crippen LogP contribution in [0, 0.1) is 0 Å². The van der Waals surface area contributed by atoms with Crippen molar-refractivity contribution in [1.29, 1.82) is 0 Å². The third-order valence-corrected chi connectivity index (χ3v) is 5.71. The zero-order valence-electron chi connectivity index (χ0n) is 13.6. The van der Waals surface area contributed by atoms with Crippen LogP contribution in [0.1, 0.15) is 11.1 Å². The molecule has 0 aliphatic heterocycles. The first-order chi connectivity index (χ1) is 11.0. The number of likely N-dealkylation sites (N-methyl/N-ethyl adjacent to an activating group) is 1. The highest BCUT2D eigenvalue weighted by molar-refractivity contribution is 7.89. The summed E-state index contributed by atoms with van der Waals surface area (Å²) in [6, 6.07) is 17.4. The number of hydrogen-bond acceptors (Lipinski definition) is 3. The first kappa shape index (κ1) is 17.5. The van der Waals surface area contributed by atoms with Crippen molar-refractivity contribution in [1.82, 2.24) is 4.31 Å². The van der Waals surface area contributed by atoms with E-state index in [-0.39, 0.29) is 5.75 Å². The summed E-state index contributed by atoms with van der Waals surface area (Å²) in [6.45, 7) is 0.442. The van der Waals surface area contributed by atoms with Crippen molar-refractivity contribution in [3.05, 3.63) is 65.7 Å². The van der Waals surface area contributed by atoms with Crippen molar-refractivity contribution in [3.63, 3.8) is 0 Å². The summed E-state index contributed by atoms with van der Waals surface area (Å²) >= 11 is 0. The maximum Gasteiger partial charge on any atom is 0.214 e. The molecule has 2 rings (SSSR count). The van der Waals surface area contributed by atoms with Crippen molar-refractivity contribution >= 4 is 10.0 Å². The summed E-state index contributed by atoms with van der Waals surface area (Å²) in [5, 5.41) is 0. The third kappa shape index (κ3) is 5.08. The van der Waals surface area contributed by atoms with Gasteiger partial charge in [0, 0.05) is 13.6 Å². The molecule has 4 nitrogen and oxygen atoms in total. The number of hydrogen-bond donors (Lipinski definition) is 0. The number of aryl methyl sites for hydroxylation is 1. The molecule has 0 unspecified atom stereocenters. The quantitative estimate of drug-likeness (QED) is 0.746. The number of rotatable bonds is 8. The Balaban J connectivity index is 1.92. The van der Waals surface area contributed by atoms with Gasteiger partial charge in [-0.2, -0.15) is 0 Å². The molecule has 0 aliphatic carbocycles. The summed E-state index contributed by atoms with van der Waals surface area (Å²) in [5.74, 6) is 0.919. The monoisotopic (exact) mass is 333 g/mol. The molecule has 0 amide bonds. The smallest absolute Gasteiger partial charge is 0.214 e. The van der Waals surface area contributed by atoms with Crippen LogP contribution in [0.3, 0.4) is 0 Å². The molecule has 0 bridgehead atoms. The second kappa shape index (κ2) is 8.13. The third-order valence-electron chi connectivity index (χ3n) is 3.85. The van der Waals surface area contributed by atoms with Gasteiger partial charge in [0.2, 0.25) is 10.0 Å². The average Bonchev–Trinajstić information content (AvgIpc) is 2.59. The fourth-order valence-electron chi connectivity index (χ4n) is 2.37. The maximum absolute atomic E-state index is 12.4. The molecule has 0 N–H and O–H groups in total. The van der Waals surface area contributed by atoms with Crippen LogP contribution in [0.4, 0.5) is 0 Å². The first-order valence-electron chi connectivity index (χ1n) is 7.63. The van der Waals surface area contributed by atoms with Gasteiger partial charge in [-0.3, -0.25) is 0 Å². The van der Waals surface area contributed by atoms with Crippen molar-refractivity contribution in [2.75, 3.05) is 26.5 Å². The first-order valence-corrected chi connectivity index (χ1v) is 9.23. The Labute approximate surface area is 138 Å². The van der Waals surface area contributed by atoms with Gasteiger partial charge in [-0.15, -0.1) is 0 Å². The summed E-state index contributed by atoms with van der Waals surface area (Å²) < 4.78 is 31.5. The molecule has 5 heteroatoms. The van der Waals surface area contributed by atoms with Crippen LogP contribution in [-0.4, -0.2) is 39.2 Å². The van der Waals surface area contributed by atoms with Crippen LogP contribution >= 0.6 is 0 Å². The van der Waals surface area contributed by atoms with Gasteiger partial charge in [-0.25, -0.2) is 12.7 Å². The Morgan fingerprint density at radius 2 is 1.61 bits per heavy atom. The maximum atomic E-state index is 12.4. The predicted molar refractivity (Wildman–Crippen MR) is 93.3 cm³/mol. The molecule has 0 saturated carbocycles. The number of ether oxygens (including phenoxy) is 1. The predicted octanol–water partition coefficient (Wildman–Crippen LogP) is 2.74. The number of nitrogens with zero attached hydrogens (tertiary/aromatic N) is 1. The molecule has 0 spiro atoms. The number of para-hydroxylation sites is 1. The van der Waals surface area contributed by atoms with Gasteiger partial charge in [0.1, 0.15) is 5.75 Å². The van der Waals surface area contributed by atoms with E-state index in [9.17, 15) is 8.42 Å². The highest BCUT2D eigenvalue weighted by Gasteiger charge is 2.18. The molecule has 0 aliphatic rings. The van der Waals surface area contributed by atoms with Gasteiger partial charge in [-0.1, -0.05) is 48.5 Å². The van der Waals surface area contributed by atoms with Crippen LogP contribution in [0.5, 0.6) is 5.75 Å². The van der Waals surface area contributed by atoms with Gasteiger partial charge in [0.05, 0.1) is 12.9 Å². The topological polar surface area (TPSA) is 46.6 Å². The van der Waals surface area contributed by atoms with Crippen molar-refractivity contribution in [2.45, 2.75) is 12.8 Å². The molecule has 0 fully saturated rings. The van der Waals surface area contributed by atoms with Crippen LogP contribution < -0.4 is 4.74 Å². The molecule has 0 heterocycles. The second-order valence-corrected chi connectivity index (χ2v) is 7.63. The molecule has 2 aromatic rings. The number of methoxy groups -OCH3 is 1. The van der Waals surface area contributed by atoms with Crippen LogP contribution in [0.25, 0.3) is 0 Å². The molecule has 124 valence electrons. The Kier molecular flexibility index (Phi) is 6.19. The van der Waals surface area contributed by atoms with Crippen LogP contribution in [-0.2, 0) is 22.9 Å². The largest absolute Gasteiger partial charge is 0.496 e. The lowest BCUT2D eigenvalue weighted by atomic mass is 10.1. The van der Waals surface area contributed by atoms with Crippen molar-refractivity contribution in [3.8, 4) is 5.75 Å². The van der Waals surface area contributed by atoms with Crippen LogP contribution in [0.2, 0.25) is 0 Å². The minimum Gasteiger partial charge on any atom is -0.496 e. The lowest BCUT2D eigenvalue weighted by Crippen LogP contribution is -2.31. The Hall–Kier alpha value is -1.85. The van der Waals surface area contributed by atoms with E-state index in [0.717, 1.165) is 16.9 Å². The molecule has 0 aromatic heterocycles. The van der Waals surface area contributed by atoms with Gasteiger partial charge < -0.3 is 4.74 Å². The summed E-state index contributed by atoms with van der Waals surface area (Å²) in [6.07, 6.45) is 1.16. The fraction of sp³-hybridized carbons (Fsp3) is 0.333. The normalized spacial score (nSPS) is 11.6. The fourth-order valence-corrected chi connectivity index (χ4v) is 3.55. The lowest BCUT2D eigenvalue weighted by molar-refractivity contribution is 0.406. The van der Waals surface area contributed by atoms with Gasteiger partial charge in [-0.05, 0) is 30.0 Å². The summed E-state index contributed by atoms with van der Waals surface area (Å²) in [4.78, 5) is 0. The Morgan fingerprint density at radius 1 is 0.957 bits per heavy atom. The zero-order chi connectivity index (χ0) is 16.7. The molecule has 0 radical (unpaired) electrons. The Morgan fingerprint density at radius 3 is 2.30 bits per heavy atom. The van der Waals surface area contributed by atoms with E-state index in [2.05, 4.69) is 0 Å². The van der Waals surface area contributed by atoms with E-state index in [1.54, 1.807) is 14.2 Å².